The Morgan fingerprint density at radius 1 is 1.07 bits per heavy atom. The van der Waals surface area contributed by atoms with Gasteiger partial charge in [-0.2, -0.15) is 0 Å². The average Bonchev–Trinajstić information content (AvgIpc) is 3.16. The third-order valence-corrected chi connectivity index (χ3v) is 5.00. The number of thiophene rings is 1. The highest BCUT2D eigenvalue weighted by Crippen LogP contribution is 2.31. The number of carbonyl (C=O) groups is 1. The summed E-state index contributed by atoms with van der Waals surface area (Å²) in [6.45, 7) is 3.05. The van der Waals surface area contributed by atoms with Crippen molar-refractivity contribution in [2.24, 2.45) is 5.18 Å². The molecule has 2 N–H and O–H groups in total. The molecular weight excluding hydrogens is 358 g/mol. The van der Waals surface area contributed by atoms with Crippen molar-refractivity contribution in [3.63, 3.8) is 0 Å². The molecular formula is C21H21N3O2S. The van der Waals surface area contributed by atoms with Crippen molar-refractivity contribution < 1.29 is 4.79 Å². The van der Waals surface area contributed by atoms with Gasteiger partial charge < -0.3 is 10.6 Å². The van der Waals surface area contributed by atoms with E-state index in [1.54, 1.807) is 12.1 Å². The Morgan fingerprint density at radius 2 is 1.89 bits per heavy atom. The summed E-state index contributed by atoms with van der Waals surface area (Å²) in [6, 6.07) is 18.9. The Labute approximate surface area is 162 Å². The van der Waals surface area contributed by atoms with Crippen molar-refractivity contribution in [2.45, 2.75) is 19.8 Å². The van der Waals surface area contributed by atoms with E-state index in [2.05, 4.69) is 22.7 Å². The number of hydrogen-bond donors (Lipinski definition) is 2. The van der Waals surface area contributed by atoms with Crippen molar-refractivity contribution in [1.29, 1.82) is 0 Å². The van der Waals surface area contributed by atoms with Crippen LogP contribution in [-0.2, 0) is 0 Å². The molecule has 1 aromatic heterocycles. The van der Waals surface area contributed by atoms with Crippen molar-refractivity contribution in [3.05, 3.63) is 71.1 Å². The number of anilines is 2. The van der Waals surface area contributed by atoms with Gasteiger partial charge in [-0.1, -0.05) is 55.0 Å². The van der Waals surface area contributed by atoms with Gasteiger partial charge in [0.1, 0.15) is 0 Å². The summed E-state index contributed by atoms with van der Waals surface area (Å²) >= 11 is 1.15. The maximum atomic E-state index is 12.8. The smallest absolute Gasteiger partial charge is 0.256 e. The number of nitrogens with zero attached hydrogens (tertiary/aromatic N) is 1. The number of amides is 1. The second-order valence-electron chi connectivity index (χ2n) is 6.09. The van der Waals surface area contributed by atoms with Crippen LogP contribution in [0.25, 0.3) is 11.1 Å². The van der Waals surface area contributed by atoms with Crippen LogP contribution in [0.15, 0.2) is 65.8 Å². The van der Waals surface area contributed by atoms with E-state index in [9.17, 15) is 9.70 Å². The van der Waals surface area contributed by atoms with E-state index in [-0.39, 0.29) is 5.91 Å². The second kappa shape index (κ2) is 9.09. The van der Waals surface area contributed by atoms with Crippen LogP contribution in [-0.4, -0.2) is 12.5 Å². The predicted octanol–water partition coefficient (Wildman–Crippen LogP) is 6.28. The molecule has 0 saturated carbocycles. The third-order valence-electron chi connectivity index (χ3n) is 4.13. The molecule has 0 fully saturated rings. The Kier molecular flexibility index (Phi) is 6.33. The van der Waals surface area contributed by atoms with Crippen LogP contribution in [0.2, 0.25) is 0 Å². The predicted molar refractivity (Wildman–Crippen MR) is 113 cm³/mol. The Morgan fingerprint density at radius 3 is 2.59 bits per heavy atom. The van der Waals surface area contributed by atoms with Crippen LogP contribution in [0.1, 0.15) is 30.1 Å². The lowest BCUT2D eigenvalue weighted by Gasteiger charge is -2.13. The number of unbranched alkanes of at least 4 members (excludes halogenated alkanes) is 1. The summed E-state index contributed by atoms with van der Waals surface area (Å²) in [6.07, 6.45) is 2.21. The Hall–Kier alpha value is -2.99. The summed E-state index contributed by atoms with van der Waals surface area (Å²) < 4.78 is 0. The molecule has 1 heterocycles. The second-order valence-corrected chi connectivity index (χ2v) is 7.15. The monoisotopic (exact) mass is 379 g/mol. The van der Waals surface area contributed by atoms with Gasteiger partial charge in [0.15, 0.2) is 5.00 Å². The van der Waals surface area contributed by atoms with E-state index in [1.165, 1.54) is 0 Å². The first-order valence-electron chi connectivity index (χ1n) is 8.89. The minimum atomic E-state index is -0.215. The number of rotatable bonds is 8. The van der Waals surface area contributed by atoms with Gasteiger partial charge in [-0.3, -0.25) is 4.79 Å². The molecule has 2 aromatic carbocycles. The third kappa shape index (κ3) is 4.80. The van der Waals surface area contributed by atoms with Crippen LogP contribution >= 0.6 is 11.3 Å². The SMILES string of the molecule is CCCCNc1ccc(C(=O)Nc2ccc(N=O)s2)c(-c2ccccc2)c1. The fourth-order valence-electron chi connectivity index (χ4n) is 2.74. The van der Waals surface area contributed by atoms with E-state index in [0.717, 1.165) is 47.5 Å². The lowest BCUT2D eigenvalue weighted by Crippen LogP contribution is -2.13. The molecule has 0 atom stereocenters. The molecule has 3 rings (SSSR count). The van der Waals surface area contributed by atoms with E-state index < -0.39 is 0 Å². The molecule has 0 spiro atoms. The summed E-state index contributed by atoms with van der Waals surface area (Å²) in [5.41, 5.74) is 3.40. The molecule has 0 saturated heterocycles. The van der Waals surface area contributed by atoms with Crippen LogP contribution < -0.4 is 10.6 Å². The van der Waals surface area contributed by atoms with E-state index in [1.807, 2.05) is 48.5 Å². The maximum absolute atomic E-state index is 12.8. The molecule has 0 aliphatic rings. The van der Waals surface area contributed by atoms with Gasteiger partial charge in [0, 0.05) is 17.8 Å². The topological polar surface area (TPSA) is 70.6 Å². The highest BCUT2D eigenvalue weighted by atomic mass is 32.1. The normalized spacial score (nSPS) is 10.4. The molecule has 5 nitrogen and oxygen atoms in total. The first-order chi connectivity index (χ1) is 13.2. The number of nitroso groups, excluding NO2 is 1. The zero-order valence-corrected chi connectivity index (χ0v) is 15.9. The van der Waals surface area contributed by atoms with Gasteiger partial charge in [0.2, 0.25) is 0 Å². The van der Waals surface area contributed by atoms with Crippen LogP contribution in [0.5, 0.6) is 0 Å². The van der Waals surface area contributed by atoms with Crippen molar-refractivity contribution in [3.8, 4) is 11.1 Å². The molecule has 0 unspecified atom stereocenters. The summed E-state index contributed by atoms with van der Waals surface area (Å²) in [5, 5.41) is 10.1. The van der Waals surface area contributed by atoms with Gasteiger partial charge in [0.05, 0.1) is 5.00 Å². The molecule has 138 valence electrons. The van der Waals surface area contributed by atoms with Crippen LogP contribution in [0, 0.1) is 4.91 Å². The molecule has 0 radical (unpaired) electrons. The molecule has 0 aliphatic heterocycles. The Balaban J connectivity index is 1.90. The van der Waals surface area contributed by atoms with Crippen molar-refractivity contribution in [2.75, 3.05) is 17.2 Å². The highest BCUT2D eigenvalue weighted by molar-refractivity contribution is 7.19. The van der Waals surface area contributed by atoms with Gasteiger partial charge in [0.25, 0.3) is 5.91 Å². The molecule has 3 aromatic rings. The van der Waals surface area contributed by atoms with E-state index in [0.29, 0.717) is 15.6 Å². The van der Waals surface area contributed by atoms with Crippen LogP contribution in [0.4, 0.5) is 15.7 Å². The lowest BCUT2D eigenvalue weighted by atomic mass is 9.98. The minimum Gasteiger partial charge on any atom is -0.385 e. The maximum Gasteiger partial charge on any atom is 0.256 e. The number of hydrogen-bond acceptors (Lipinski definition) is 5. The first-order valence-corrected chi connectivity index (χ1v) is 9.71. The van der Waals surface area contributed by atoms with Gasteiger partial charge in [-0.05, 0) is 53.1 Å². The van der Waals surface area contributed by atoms with Gasteiger partial charge >= 0.3 is 0 Å². The molecule has 0 bridgehead atoms. The number of benzene rings is 2. The molecule has 1 amide bonds. The fraction of sp³-hybridized carbons (Fsp3) is 0.190. The Bertz CT molecular complexity index is 922. The van der Waals surface area contributed by atoms with Gasteiger partial charge in [-0.15, -0.1) is 4.91 Å². The quantitative estimate of drug-likeness (QED) is 0.357. The fourth-order valence-corrected chi connectivity index (χ4v) is 3.42. The summed E-state index contributed by atoms with van der Waals surface area (Å²) in [4.78, 5) is 23.4. The van der Waals surface area contributed by atoms with E-state index in [4.69, 9.17) is 0 Å². The number of nitrogens with one attached hydrogen (secondary N) is 2. The molecule has 6 heteroatoms. The van der Waals surface area contributed by atoms with E-state index >= 15 is 0 Å². The number of carbonyl (C=O) groups excluding carboxylic acids is 1. The zero-order chi connectivity index (χ0) is 19.1. The van der Waals surface area contributed by atoms with Crippen LogP contribution in [0.3, 0.4) is 0 Å². The largest absolute Gasteiger partial charge is 0.385 e. The zero-order valence-electron chi connectivity index (χ0n) is 15.1. The average molecular weight is 379 g/mol. The highest BCUT2D eigenvalue weighted by Gasteiger charge is 2.15. The van der Waals surface area contributed by atoms with Gasteiger partial charge in [-0.25, -0.2) is 0 Å². The van der Waals surface area contributed by atoms with Crippen molar-refractivity contribution >= 4 is 32.9 Å². The standard InChI is InChI=1S/C21H21N3O2S/c1-2-3-13-22-16-9-10-17(18(14-16)15-7-5-4-6-8-15)21(25)23-19-11-12-20(24-26)27-19/h4-12,14,22H,2-3,13H2,1H3,(H,23,25). The van der Waals surface area contributed by atoms with Crippen molar-refractivity contribution in [1.82, 2.24) is 0 Å². The minimum absolute atomic E-state index is 0.215. The summed E-state index contributed by atoms with van der Waals surface area (Å²) in [7, 11) is 0. The lowest BCUT2D eigenvalue weighted by molar-refractivity contribution is 0.102. The first kappa shape index (κ1) is 18.8. The molecule has 27 heavy (non-hydrogen) atoms. The molecule has 0 aliphatic carbocycles. The summed E-state index contributed by atoms with van der Waals surface area (Å²) in [5.74, 6) is -0.215.